The molecule has 16 heavy (non-hydrogen) atoms. The summed E-state index contributed by atoms with van der Waals surface area (Å²) in [6.07, 6.45) is 11.8. The molecule has 1 atom stereocenters. The predicted molar refractivity (Wildman–Crippen MR) is 66.3 cm³/mol. The first-order valence-corrected chi connectivity index (χ1v) is 6.57. The van der Waals surface area contributed by atoms with Gasteiger partial charge in [-0.2, -0.15) is 0 Å². The first kappa shape index (κ1) is 11.6. The van der Waals surface area contributed by atoms with E-state index in [0.717, 1.165) is 18.9 Å². The van der Waals surface area contributed by atoms with E-state index >= 15 is 0 Å². The van der Waals surface area contributed by atoms with Gasteiger partial charge in [0, 0.05) is 30.4 Å². The maximum atomic E-state index is 6.01. The molecule has 1 fully saturated rings. The third kappa shape index (κ3) is 2.64. The molecule has 2 rings (SSSR count). The second kappa shape index (κ2) is 5.48. The van der Waals surface area contributed by atoms with Crippen molar-refractivity contribution in [3.63, 3.8) is 0 Å². The summed E-state index contributed by atoms with van der Waals surface area (Å²) in [5.74, 6) is 0.723. The monoisotopic (exact) mass is 221 g/mol. The van der Waals surface area contributed by atoms with E-state index in [9.17, 15) is 0 Å². The highest BCUT2D eigenvalue weighted by molar-refractivity contribution is 5.07. The average Bonchev–Trinajstić information content (AvgIpc) is 2.78. The first-order chi connectivity index (χ1) is 7.81. The van der Waals surface area contributed by atoms with Crippen LogP contribution in [0.3, 0.4) is 0 Å². The van der Waals surface area contributed by atoms with Crippen molar-refractivity contribution in [3.8, 4) is 0 Å². The second-order valence-corrected chi connectivity index (χ2v) is 4.97. The minimum absolute atomic E-state index is 0.261. The second-order valence-electron chi connectivity index (χ2n) is 4.97. The zero-order chi connectivity index (χ0) is 11.4. The lowest BCUT2D eigenvalue weighted by Crippen LogP contribution is -2.26. The molecule has 0 aromatic carbocycles. The normalized spacial score (nSPS) is 19.9. The van der Waals surface area contributed by atoms with E-state index in [1.807, 2.05) is 12.5 Å². The fraction of sp³-hybridized carbons (Fsp3) is 0.769. The van der Waals surface area contributed by atoms with Crippen LogP contribution in [0.4, 0.5) is 0 Å². The largest absolute Gasteiger partial charge is 0.333 e. The summed E-state index contributed by atoms with van der Waals surface area (Å²) in [4.78, 5) is 4.29. The van der Waals surface area contributed by atoms with Crippen molar-refractivity contribution in [2.24, 2.45) is 5.73 Å². The average molecular weight is 221 g/mol. The SMILES string of the molecule is CCC(N)Cn1cncc1C1CCCCC1. The van der Waals surface area contributed by atoms with E-state index in [0.29, 0.717) is 0 Å². The Balaban J connectivity index is 2.05. The van der Waals surface area contributed by atoms with Gasteiger partial charge in [0.1, 0.15) is 0 Å². The van der Waals surface area contributed by atoms with Crippen molar-refractivity contribution in [2.75, 3.05) is 0 Å². The number of aromatic nitrogens is 2. The maximum absolute atomic E-state index is 6.01. The molecule has 1 aromatic rings. The van der Waals surface area contributed by atoms with Gasteiger partial charge in [-0.15, -0.1) is 0 Å². The van der Waals surface area contributed by atoms with Crippen molar-refractivity contribution in [3.05, 3.63) is 18.2 Å². The van der Waals surface area contributed by atoms with Crippen LogP contribution in [0.25, 0.3) is 0 Å². The zero-order valence-electron chi connectivity index (χ0n) is 10.2. The number of rotatable bonds is 4. The molecule has 90 valence electrons. The van der Waals surface area contributed by atoms with Gasteiger partial charge in [0.05, 0.1) is 6.33 Å². The molecular formula is C13H23N3. The van der Waals surface area contributed by atoms with Crippen LogP contribution >= 0.6 is 0 Å². The van der Waals surface area contributed by atoms with Gasteiger partial charge in [0.2, 0.25) is 0 Å². The first-order valence-electron chi connectivity index (χ1n) is 6.57. The molecule has 1 saturated carbocycles. The lowest BCUT2D eigenvalue weighted by atomic mass is 9.87. The van der Waals surface area contributed by atoms with Crippen LogP contribution < -0.4 is 5.73 Å². The molecule has 0 radical (unpaired) electrons. The molecule has 3 nitrogen and oxygen atoms in total. The molecule has 1 heterocycles. The molecule has 0 amide bonds. The minimum Gasteiger partial charge on any atom is -0.333 e. The van der Waals surface area contributed by atoms with Crippen molar-refractivity contribution < 1.29 is 0 Å². The van der Waals surface area contributed by atoms with Gasteiger partial charge in [0.15, 0.2) is 0 Å². The molecule has 3 heteroatoms. The topological polar surface area (TPSA) is 43.8 Å². The number of nitrogens with zero attached hydrogens (tertiary/aromatic N) is 2. The Hall–Kier alpha value is -0.830. The molecule has 1 aliphatic rings. The molecular weight excluding hydrogens is 198 g/mol. The number of hydrogen-bond acceptors (Lipinski definition) is 2. The maximum Gasteiger partial charge on any atom is 0.0948 e. The highest BCUT2D eigenvalue weighted by atomic mass is 15.1. The Labute approximate surface area is 98.1 Å². The van der Waals surface area contributed by atoms with Crippen molar-refractivity contribution in [1.29, 1.82) is 0 Å². The quantitative estimate of drug-likeness (QED) is 0.849. The summed E-state index contributed by atoms with van der Waals surface area (Å²) in [6.45, 7) is 3.06. The summed E-state index contributed by atoms with van der Waals surface area (Å²) < 4.78 is 2.27. The van der Waals surface area contributed by atoms with Crippen LogP contribution in [-0.4, -0.2) is 15.6 Å². The molecule has 0 bridgehead atoms. The Morgan fingerprint density at radius 2 is 2.19 bits per heavy atom. The van der Waals surface area contributed by atoms with Crippen LogP contribution in [0.5, 0.6) is 0 Å². The van der Waals surface area contributed by atoms with Crippen molar-refractivity contribution in [1.82, 2.24) is 9.55 Å². The van der Waals surface area contributed by atoms with Gasteiger partial charge < -0.3 is 10.3 Å². The fourth-order valence-electron chi connectivity index (χ4n) is 2.60. The van der Waals surface area contributed by atoms with E-state index in [-0.39, 0.29) is 6.04 Å². The van der Waals surface area contributed by atoms with Crippen molar-refractivity contribution >= 4 is 0 Å². The molecule has 1 aliphatic carbocycles. The molecule has 0 saturated heterocycles. The smallest absolute Gasteiger partial charge is 0.0948 e. The van der Waals surface area contributed by atoms with Gasteiger partial charge in [-0.05, 0) is 19.3 Å². The van der Waals surface area contributed by atoms with Gasteiger partial charge in [-0.3, -0.25) is 0 Å². The van der Waals surface area contributed by atoms with Gasteiger partial charge in [-0.1, -0.05) is 26.2 Å². The molecule has 1 aromatic heterocycles. The minimum atomic E-state index is 0.261. The van der Waals surface area contributed by atoms with Crippen LogP contribution in [0, 0.1) is 0 Å². The Morgan fingerprint density at radius 3 is 2.88 bits per heavy atom. The number of imidazole rings is 1. The number of nitrogens with two attached hydrogens (primary N) is 1. The Bertz CT molecular complexity index is 313. The van der Waals surface area contributed by atoms with Crippen LogP contribution in [0.1, 0.15) is 57.1 Å². The fourth-order valence-corrected chi connectivity index (χ4v) is 2.60. The molecule has 0 aliphatic heterocycles. The Morgan fingerprint density at radius 1 is 1.44 bits per heavy atom. The van der Waals surface area contributed by atoms with Crippen LogP contribution in [0.2, 0.25) is 0 Å². The number of hydrogen-bond donors (Lipinski definition) is 1. The summed E-state index contributed by atoms with van der Waals surface area (Å²) in [5.41, 5.74) is 7.42. The van der Waals surface area contributed by atoms with Crippen molar-refractivity contribution in [2.45, 2.75) is 64.0 Å². The zero-order valence-corrected chi connectivity index (χ0v) is 10.2. The van der Waals surface area contributed by atoms with E-state index < -0.39 is 0 Å². The van der Waals surface area contributed by atoms with E-state index in [2.05, 4.69) is 16.5 Å². The van der Waals surface area contributed by atoms with Gasteiger partial charge in [-0.25, -0.2) is 4.98 Å². The molecule has 2 N–H and O–H groups in total. The van der Waals surface area contributed by atoms with Gasteiger partial charge >= 0.3 is 0 Å². The standard InChI is InChI=1S/C13H23N3/c1-2-12(14)9-16-10-15-8-13(16)11-6-4-3-5-7-11/h8,10-12H,2-7,9,14H2,1H3. The molecule has 1 unspecified atom stereocenters. The summed E-state index contributed by atoms with van der Waals surface area (Å²) in [5, 5.41) is 0. The van der Waals surface area contributed by atoms with E-state index in [1.54, 1.807) is 0 Å². The van der Waals surface area contributed by atoms with Crippen LogP contribution in [0.15, 0.2) is 12.5 Å². The lowest BCUT2D eigenvalue weighted by Gasteiger charge is -2.23. The third-order valence-electron chi connectivity index (χ3n) is 3.72. The summed E-state index contributed by atoms with van der Waals surface area (Å²) in [7, 11) is 0. The predicted octanol–water partition coefficient (Wildman–Crippen LogP) is 2.67. The molecule has 0 spiro atoms. The highest BCUT2D eigenvalue weighted by Crippen LogP contribution is 2.32. The van der Waals surface area contributed by atoms with Gasteiger partial charge in [0.25, 0.3) is 0 Å². The van der Waals surface area contributed by atoms with E-state index in [4.69, 9.17) is 5.73 Å². The lowest BCUT2D eigenvalue weighted by molar-refractivity contribution is 0.415. The third-order valence-corrected chi connectivity index (χ3v) is 3.72. The Kier molecular flexibility index (Phi) is 3.99. The van der Waals surface area contributed by atoms with E-state index in [1.165, 1.54) is 37.8 Å². The highest BCUT2D eigenvalue weighted by Gasteiger charge is 2.19. The summed E-state index contributed by atoms with van der Waals surface area (Å²) >= 11 is 0. The van der Waals surface area contributed by atoms with Crippen LogP contribution in [-0.2, 0) is 6.54 Å². The summed E-state index contributed by atoms with van der Waals surface area (Å²) in [6, 6.07) is 0.261.